The third-order valence-corrected chi connectivity index (χ3v) is 3.30. The number of hydrogen-bond donors (Lipinski definition) is 3. The molecule has 134 valence electrons. The Morgan fingerprint density at radius 2 is 1.85 bits per heavy atom. The van der Waals surface area contributed by atoms with E-state index < -0.39 is 17.8 Å². The van der Waals surface area contributed by atoms with E-state index in [1.807, 2.05) is 0 Å². The first-order chi connectivity index (χ1) is 12.5. The van der Waals surface area contributed by atoms with Gasteiger partial charge in [0.05, 0.1) is 25.4 Å². The van der Waals surface area contributed by atoms with E-state index in [1.54, 1.807) is 36.4 Å². The van der Waals surface area contributed by atoms with Crippen LogP contribution in [0.5, 0.6) is 5.75 Å². The average molecular weight is 355 g/mol. The number of amides is 2. The molecule has 0 unspecified atom stereocenters. The number of methoxy groups -OCH3 is 1. The average Bonchev–Trinajstić information content (AvgIpc) is 2.66. The zero-order chi connectivity index (χ0) is 18.9. The monoisotopic (exact) mass is 355 g/mol. The first-order valence-electron chi connectivity index (χ1n) is 7.57. The van der Waals surface area contributed by atoms with E-state index >= 15 is 0 Å². The van der Waals surface area contributed by atoms with Gasteiger partial charge in [-0.1, -0.05) is 18.2 Å². The number of aromatic carboxylic acids is 1. The molecule has 0 atom stereocenters. The van der Waals surface area contributed by atoms with Gasteiger partial charge in [0, 0.05) is 5.56 Å². The molecule has 0 saturated heterocycles. The number of nitrogens with one attached hydrogen (secondary N) is 2. The highest BCUT2D eigenvalue weighted by Gasteiger charge is 2.08. The minimum absolute atomic E-state index is 0.159. The summed E-state index contributed by atoms with van der Waals surface area (Å²) >= 11 is 0. The molecule has 2 rings (SSSR count). The molecule has 8 nitrogen and oxygen atoms in total. The quantitative estimate of drug-likeness (QED) is 0.511. The highest BCUT2D eigenvalue weighted by atomic mass is 16.5. The molecule has 8 heteroatoms. The number of rotatable bonds is 7. The summed E-state index contributed by atoms with van der Waals surface area (Å²) in [6, 6.07) is 12.5. The van der Waals surface area contributed by atoms with Crippen LogP contribution in [-0.2, 0) is 4.79 Å². The maximum absolute atomic E-state index is 12.0. The lowest BCUT2D eigenvalue weighted by Crippen LogP contribution is -2.34. The van der Waals surface area contributed by atoms with Gasteiger partial charge in [-0.15, -0.1) is 0 Å². The molecule has 2 amide bonds. The lowest BCUT2D eigenvalue weighted by atomic mass is 10.1. The Kier molecular flexibility index (Phi) is 6.44. The number of hydrazone groups is 1. The van der Waals surface area contributed by atoms with Crippen LogP contribution >= 0.6 is 0 Å². The predicted molar refractivity (Wildman–Crippen MR) is 94.5 cm³/mol. The van der Waals surface area contributed by atoms with Gasteiger partial charge in [-0.2, -0.15) is 5.10 Å². The minimum Gasteiger partial charge on any atom is -0.497 e. The molecular formula is C18H17N3O5. The van der Waals surface area contributed by atoms with Crippen molar-refractivity contribution in [2.75, 3.05) is 13.7 Å². The third-order valence-electron chi connectivity index (χ3n) is 3.30. The first kappa shape index (κ1) is 18.7. The van der Waals surface area contributed by atoms with Crippen molar-refractivity contribution in [3.63, 3.8) is 0 Å². The van der Waals surface area contributed by atoms with Crippen molar-refractivity contribution in [1.29, 1.82) is 0 Å². The van der Waals surface area contributed by atoms with E-state index in [4.69, 9.17) is 9.84 Å². The predicted octanol–water partition coefficient (Wildman–Crippen LogP) is 1.27. The van der Waals surface area contributed by atoms with Crippen molar-refractivity contribution >= 4 is 24.0 Å². The SMILES string of the molecule is COc1cccc(C(=O)NCC(=O)N/N=C\c2ccc(C(=O)O)cc2)c1. The smallest absolute Gasteiger partial charge is 0.335 e. The number of ether oxygens (including phenoxy) is 1. The number of benzene rings is 2. The Balaban J connectivity index is 1.81. The maximum Gasteiger partial charge on any atom is 0.335 e. The number of hydrogen-bond acceptors (Lipinski definition) is 5. The zero-order valence-corrected chi connectivity index (χ0v) is 13.9. The van der Waals surface area contributed by atoms with Crippen LogP contribution in [0.15, 0.2) is 53.6 Å². The van der Waals surface area contributed by atoms with Crippen molar-refractivity contribution < 1.29 is 24.2 Å². The van der Waals surface area contributed by atoms with E-state index in [0.29, 0.717) is 16.9 Å². The van der Waals surface area contributed by atoms with Gasteiger partial charge in [0.15, 0.2) is 0 Å². The van der Waals surface area contributed by atoms with Gasteiger partial charge in [0.1, 0.15) is 5.75 Å². The molecule has 0 aromatic heterocycles. The summed E-state index contributed by atoms with van der Waals surface area (Å²) in [4.78, 5) is 34.4. The van der Waals surface area contributed by atoms with Gasteiger partial charge in [-0.05, 0) is 35.9 Å². The van der Waals surface area contributed by atoms with E-state index in [2.05, 4.69) is 15.8 Å². The number of carbonyl (C=O) groups is 3. The van der Waals surface area contributed by atoms with Crippen LogP contribution in [0.25, 0.3) is 0 Å². The lowest BCUT2D eigenvalue weighted by molar-refractivity contribution is -0.120. The van der Waals surface area contributed by atoms with Crippen LogP contribution in [0.1, 0.15) is 26.3 Å². The molecule has 0 radical (unpaired) electrons. The lowest BCUT2D eigenvalue weighted by Gasteiger charge is -2.06. The second-order valence-electron chi connectivity index (χ2n) is 5.13. The van der Waals surface area contributed by atoms with Gasteiger partial charge in [0.2, 0.25) is 0 Å². The van der Waals surface area contributed by atoms with Gasteiger partial charge in [-0.3, -0.25) is 9.59 Å². The first-order valence-corrected chi connectivity index (χ1v) is 7.57. The normalized spacial score (nSPS) is 10.3. The van der Waals surface area contributed by atoms with E-state index in [0.717, 1.165) is 0 Å². The highest BCUT2D eigenvalue weighted by Crippen LogP contribution is 2.12. The molecule has 0 spiro atoms. The molecule has 0 aliphatic heterocycles. The van der Waals surface area contributed by atoms with Gasteiger partial charge in [-0.25, -0.2) is 10.2 Å². The second-order valence-corrected chi connectivity index (χ2v) is 5.13. The summed E-state index contributed by atoms with van der Waals surface area (Å²) in [5, 5.41) is 15.0. The number of carboxylic acid groups (broad SMARTS) is 1. The number of carboxylic acids is 1. The molecule has 2 aromatic rings. The molecular weight excluding hydrogens is 338 g/mol. The summed E-state index contributed by atoms with van der Waals surface area (Å²) in [7, 11) is 1.50. The van der Waals surface area contributed by atoms with E-state index in [9.17, 15) is 14.4 Å². The van der Waals surface area contributed by atoms with Gasteiger partial charge < -0.3 is 15.2 Å². The van der Waals surface area contributed by atoms with Crippen LogP contribution in [0.4, 0.5) is 0 Å². The molecule has 0 saturated carbocycles. The molecule has 0 aliphatic rings. The molecule has 0 bridgehead atoms. The standard InChI is InChI=1S/C18H17N3O5/c1-26-15-4-2-3-14(9-15)17(23)19-11-16(22)21-20-10-12-5-7-13(8-6-12)18(24)25/h2-10H,11H2,1H3,(H,19,23)(H,21,22)(H,24,25)/b20-10-. The van der Waals surface area contributed by atoms with Crippen LogP contribution in [0, 0.1) is 0 Å². The van der Waals surface area contributed by atoms with Crippen LogP contribution in [-0.4, -0.2) is 42.8 Å². The topological polar surface area (TPSA) is 117 Å². The Morgan fingerprint density at radius 3 is 2.50 bits per heavy atom. The summed E-state index contributed by atoms with van der Waals surface area (Å²) < 4.78 is 5.04. The third kappa shape index (κ3) is 5.45. The Hall–Kier alpha value is -3.68. The summed E-state index contributed by atoms with van der Waals surface area (Å²) in [6.45, 7) is -0.245. The molecule has 0 fully saturated rings. The fraction of sp³-hybridized carbons (Fsp3) is 0.111. The van der Waals surface area contributed by atoms with Gasteiger partial charge in [0.25, 0.3) is 11.8 Å². The van der Waals surface area contributed by atoms with E-state index in [-0.39, 0.29) is 12.1 Å². The summed E-state index contributed by atoms with van der Waals surface area (Å²) in [6.07, 6.45) is 1.37. The summed E-state index contributed by atoms with van der Waals surface area (Å²) in [5.41, 5.74) is 3.43. The van der Waals surface area contributed by atoms with Crippen molar-refractivity contribution in [3.05, 3.63) is 65.2 Å². The van der Waals surface area contributed by atoms with E-state index in [1.165, 1.54) is 25.5 Å². The van der Waals surface area contributed by atoms with Crippen LogP contribution in [0.3, 0.4) is 0 Å². The van der Waals surface area contributed by atoms with Crippen LogP contribution in [0.2, 0.25) is 0 Å². The molecule has 26 heavy (non-hydrogen) atoms. The second kappa shape index (κ2) is 8.97. The van der Waals surface area contributed by atoms with Crippen molar-refractivity contribution in [2.45, 2.75) is 0 Å². The molecule has 2 aromatic carbocycles. The largest absolute Gasteiger partial charge is 0.497 e. The molecule has 0 heterocycles. The zero-order valence-electron chi connectivity index (χ0n) is 13.9. The fourth-order valence-corrected chi connectivity index (χ4v) is 1.96. The van der Waals surface area contributed by atoms with Crippen molar-refractivity contribution in [3.8, 4) is 5.75 Å². The van der Waals surface area contributed by atoms with Crippen molar-refractivity contribution in [1.82, 2.24) is 10.7 Å². The Morgan fingerprint density at radius 1 is 1.12 bits per heavy atom. The Bertz CT molecular complexity index is 831. The molecule has 3 N–H and O–H groups in total. The highest BCUT2D eigenvalue weighted by molar-refractivity contribution is 5.97. The molecule has 0 aliphatic carbocycles. The van der Waals surface area contributed by atoms with Gasteiger partial charge >= 0.3 is 5.97 Å². The minimum atomic E-state index is -1.02. The maximum atomic E-state index is 12.0. The Labute approximate surface area is 149 Å². The fourth-order valence-electron chi connectivity index (χ4n) is 1.96. The summed E-state index contributed by atoms with van der Waals surface area (Å²) in [5.74, 6) is -1.39. The van der Waals surface area contributed by atoms with Crippen LogP contribution < -0.4 is 15.5 Å². The number of carbonyl (C=O) groups excluding carboxylic acids is 2. The number of nitrogens with zero attached hydrogens (tertiary/aromatic N) is 1. The van der Waals surface area contributed by atoms with Crippen molar-refractivity contribution in [2.24, 2.45) is 5.10 Å².